The molecule has 3 amide bonds. The van der Waals surface area contributed by atoms with Gasteiger partial charge >= 0.3 is 0 Å². The van der Waals surface area contributed by atoms with E-state index in [1.807, 2.05) is 60.7 Å². The summed E-state index contributed by atoms with van der Waals surface area (Å²) in [7, 11) is 0. The van der Waals surface area contributed by atoms with Crippen LogP contribution in [0.1, 0.15) is 27.9 Å². The number of anilines is 1. The third kappa shape index (κ3) is 5.21. The van der Waals surface area contributed by atoms with Gasteiger partial charge in [0.05, 0.1) is 17.2 Å². The van der Waals surface area contributed by atoms with Gasteiger partial charge in [-0.1, -0.05) is 72.8 Å². The van der Waals surface area contributed by atoms with Gasteiger partial charge in [-0.25, -0.2) is 0 Å². The number of nitrogens with zero attached hydrogens (tertiary/aromatic N) is 1. The Bertz CT molecular complexity index is 1100. The van der Waals surface area contributed by atoms with Crippen LogP contribution in [0.3, 0.4) is 0 Å². The summed E-state index contributed by atoms with van der Waals surface area (Å²) in [5, 5.41) is 5.75. The number of rotatable bonds is 7. The van der Waals surface area contributed by atoms with Gasteiger partial charge in [0.15, 0.2) is 0 Å². The molecule has 2 N–H and O–H groups in total. The number of carbonyl (C=O) groups excluding carboxylic acids is 3. The van der Waals surface area contributed by atoms with Crippen LogP contribution in [0.25, 0.3) is 0 Å². The fraction of sp³-hybridized carbons (Fsp3) is 0.192. The van der Waals surface area contributed by atoms with Gasteiger partial charge in [-0.2, -0.15) is 0 Å². The van der Waals surface area contributed by atoms with Crippen LogP contribution >= 0.6 is 0 Å². The van der Waals surface area contributed by atoms with E-state index in [1.54, 1.807) is 29.2 Å². The number of para-hydroxylation sites is 1. The summed E-state index contributed by atoms with van der Waals surface area (Å²) >= 11 is 0. The minimum absolute atomic E-state index is 0.0390. The third-order valence-electron chi connectivity index (χ3n) is 5.53. The Morgan fingerprint density at radius 1 is 0.844 bits per heavy atom. The maximum atomic E-state index is 12.9. The Labute approximate surface area is 187 Å². The predicted molar refractivity (Wildman–Crippen MR) is 123 cm³/mol. The van der Waals surface area contributed by atoms with E-state index in [9.17, 15) is 14.4 Å². The molecule has 1 heterocycles. The van der Waals surface area contributed by atoms with Gasteiger partial charge in [0.1, 0.15) is 0 Å². The van der Waals surface area contributed by atoms with Crippen LogP contribution in [0.5, 0.6) is 0 Å². The molecule has 1 saturated heterocycles. The third-order valence-corrected chi connectivity index (χ3v) is 5.53. The smallest absolute Gasteiger partial charge is 0.253 e. The highest BCUT2D eigenvalue weighted by Crippen LogP contribution is 2.23. The monoisotopic (exact) mass is 427 g/mol. The van der Waals surface area contributed by atoms with Gasteiger partial charge in [0.2, 0.25) is 11.8 Å². The van der Waals surface area contributed by atoms with Gasteiger partial charge < -0.3 is 15.5 Å². The van der Waals surface area contributed by atoms with Gasteiger partial charge in [-0.05, 0) is 23.3 Å². The molecule has 6 heteroatoms. The Morgan fingerprint density at radius 3 is 2.19 bits per heavy atom. The second kappa shape index (κ2) is 9.92. The number of benzene rings is 3. The van der Waals surface area contributed by atoms with Crippen molar-refractivity contribution in [1.82, 2.24) is 10.2 Å². The number of nitrogens with one attached hydrogen (secondary N) is 2. The maximum Gasteiger partial charge on any atom is 0.253 e. The fourth-order valence-electron chi connectivity index (χ4n) is 3.80. The molecule has 4 rings (SSSR count). The highest BCUT2D eigenvalue weighted by molar-refractivity contribution is 6.05. The first-order valence-corrected chi connectivity index (χ1v) is 10.6. The summed E-state index contributed by atoms with van der Waals surface area (Å²) in [5.74, 6) is -1.01. The SMILES string of the molecule is O=C(NCc1ccccc1)c1ccccc1NC(=O)[C@@H]1CC(=O)N(Cc2ccccc2)C1. The van der Waals surface area contributed by atoms with Crippen LogP contribution in [0.15, 0.2) is 84.9 Å². The average molecular weight is 428 g/mol. The second-order valence-electron chi connectivity index (χ2n) is 7.86. The van der Waals surface area contributed by atoms with Crippen LogP contribution in [-0.4, -0.2) is 29.2 Å². The van der Waals surface area contributed by atoms with Crippen molar-refractivity contribution in [2.75, 3.05) is 11.9 Å². The Morgan fingerprint density at radius 2 is 1.47 bits per heavy atom. The zero-order valence-corrected chi connectivity index (χ0v) is 17.7. The largest absolute Gasteiger partial charge is 0.348 e. The van der Waals surface area contributed by atoms with E-state index in [1.165, 1.54) is 0 Å². The van der Waals surface area contributed by atoms with Crippen molar-refractivity contribution in [3.63, 3.8) is 0 Å². The normalized spacial score (nSPS) is 15.4. The van der Waals surface area contributed by atoms with E-state index in [4.69, 9.17) is 0 Å². The van der Waals surface area contributed by atoms with Crippen molar-refractivity contribution in [3.05, 3.63) is 102 Å². The van der Waals surface area contributed by atoms with Crippen LogP contribution in [0, 0.1) is 5.92 Å². The quantitative estimate of drug-likeness (QED) is 0.605. The van der Waals surface area contributed by atoms with Crippen molar-refractivity contribution in [2.24, 2.45) is 5.92 Å². The van der Waals surface area contributed by atoms with E-state index in [0.717, 1.165) is 11.1 Å². The molecule has 6 nitrogen and oxygen atoms in total. The van der Waals surface area contributed by atoms with Gasteiger partial charge in [-0.3, -0.25) is 14.4 Å². The molecule has 0 aromatic heterocycles. The predicted octanol–water partition coefficient (Wildman–Crippen LogP) is 3.60. The van der Waals surface area contributed by atoms with Crippen LogP contribution < -0.4 is 10.6 Å². The molecule has 1 aliphatic heterocycles. The zero-order chi connectivity index (χ0) is 22.3. The first-order valence-electron chi connectivity index (χ1n) is 10.6. The first kappa shape index (κ1) is 21.3. The summed E-state index contributed by atoms with van der Waals surface area (Å²) in [6.07, 6.45) is 0.168. The second-order valence-corrected chi connectivity index (χ2v) is 7.86. The van der Waals surface area contributed by atoms with Crippen LogP contribution in [0.4, 0.5) is 5.69 Å². The summed E-state index contributed by atoms with van der Waals surface area (Å²) in [5.41, 5.74) is 2.85. The molecule has 0 spiro atoms. The van der Waals surface area contributed by atoms with Crippen molar-refractivity contribution < 1.29 is 14.4 Å². The molecule has 0 radical (unpaired) electrons. The van der Waals surface area contributed by atoms with E-state index in [-0.39, 0.29) is 24.1 Å². The van der Waals surface area contributed by atoms with E-state index in [2.05, 4.69) is 10.6 Å². The highest BCUT2D eigenvalue weighted by Gasteiger charge is 2.34. The molecule has 0 bridgehead atoms. The Kier molecular flexibility index (Phi) is 6.60. The summed E-state index contributed by atoms with van der Waals surface area (Å²) in [6, 6.07) is 26.3. The lowest BCUT2D eigenvalue weighted by atomic mass is 10.1. The van der Waals surface area contributed by atoms with E-state index < -0.39 is 5.92 Å². The maximum absolute atomic E-state index is 12.9. The lowest BCUT2D eigenvalue weighted by Gasteiger charge is -2.17. The highest BCUT2D eigenvalue weighted by atomic mass is 16.2. The van der Waals surface area contributed by atoms with Gasteiger partial charge in [-0.15, -0.1) is 0 Å². The fourth-order valence-corrected chi connectivity index (χ4v) is 3.80. The molecule has 3 aromatic rings. The number of hydrogen-bond donors (Lipinski definition) is 2. The minimum Gasteiger partial charge on any atom is -0.348 e. The summed E-state index contributed by atoms with van der Waals surface area (Å²) in [6.45, 7) is 1.25. The molecular weight excluding hydrogens is 402 g/mol. The van der Waals surface area contributed by atoms with Crippen LogP contribution in [0.2, 0.25) is 0 Å². The number of amides is 3. The average Bonchev–Trinajstić information content (AvgIpc) is 3.19. The van der Waals surface area contributed by atoms with Crippen LogP contribution in [-0.2, 0) is 22.7 Å². The zero-order valence-electron chi connectivity index (χ0n) is 17.7. The molecule has 1 aliphatic rings. The molecule has 1 fully saturated rings. The molecule has 0 saturated carbocycles. The summed E-state index contributed by atoms with van der Waals surface area (Å²) < 4.78 is 0. The van der Waals surface area contributed by atoms with Gasteiger partial charge in [0.25, 0.3) is 5.91 Å². The van der Waals surface area contributed by atoms with E-state index in [0.29, 0.717) is 30.9 Å². The van der Waals surface area contributed by atoms with Crippen molar-refractivity contribution in [2.45, 2.75) is 19.5 Å². The number of hydrogen-bond acceptors (Lipinski definition) is 3. The molecule has 1 atom stereocenters. The topological polar surface area (TPSA) is 78.5 Å². The molecule has 32 heavy (non-hydrogen) atoms. The Hall–Kier alpha value is -3.93. The molecule has 0 unspecified atom stereocenters. The van der Waals surface area contributed by atoms with Gasteiger partial charge in [0, 0.05) is 26.1 Å². The minimum atomic E-state index is -0.452. The lowest BCUT2D eigenvalue weighted by molar-refractivity contribution is -0.128. The molecule has 0 aliphatic carbocycles. The molecule has 3 aromatic carbocycles. The number of likely N-dealkylation sites (tertiary alicyclic amines) is 1. The molecule has 162 valence electrons. The molecular formula is C26H25N3O3. The number of carbonyl (C=O) groups is 3. The standard InChI is InChI=1S/C26H25N3O3/c30-24-15-21(18-29(24)17-20-11-5-2-6-12-20)25(31)28-23-14-8-7-13-22(23)26(32)27-16-19-9-3-1-4-10-19/h1-14,21H,15-18H2,(H,27,32)(H,28,31)/t21-/m1/s1. The summed E-state index contributed by atoms with van der Waals surface area (Å²) in [4.78, 5) is 39.7. The van der Waals surface area contributed by atoms with Crippen molar-refractivity contribution in [1.29, 1.82) is 0 Å². The Balaban J connectivity index is 1.38. The van der Waals surface area contributed by atoms with Crippen molar-refractivity contribution in [3.8, 4) is 0 Å². The van der Waals surface area contributed by atoms with Crippen molar-refractivity contribution >= 4 is 23.4 Å². The lowest BCUT2D eigenvalue weighted by Crippen LogP contribution is -2.29. The van der Waals surface area contributed by atoms with E-state index >= 15 is 0 Å². The first-order chi connectivity index (χ1) is 15.6.